The summed E-state index contributed by atoms with van der Waals surface area (Å²) in [4.78, 5) is 12.2. The molecule has 0 aliphatic heterocycles. The fourth-order valence-corrected chi connectivity index (χ4v) is 2.23. The second-order valence-electron chi connectivity index (χ2n) is 5.28. The molecule has 5 heteroatoms. The summed E-state index contributed by atoms with van der Waals surface area (Å²) in [5.74, 6) is 1.69. The highest BCUT2D eigenvalue weighted by Crippen LogP contribution is 2.29. The number of ether oxygens (including phenoxy) is 3. The maximum absolute atomic E-state index is 12.2. The minimum Gasteiger partial charge on any atom is -0.493 e. The average molecular weight is 341 g/mol. The third-order valence-electron chi connectivity index (χ3n) is 3.45. The van der Waals surface area contributed by atoms with E-state index in [1.165, 1.54) is 6.08 Å². The van der Waals surface area contributed by atoms with Crippen molar-refractivity contribution >= 4 is 17.7 Å². The van der Waals surface area contributed by atoms with Crippen LogP contribution in [0, 0.1) is 0 Å². The van der Waals surface area contributed by atoms with Crippen molar-refractivity contribution in [3.63, 3.8) is 0 Å². The zero-order valence-electron chi connectivity index (χ0n) is 14.7. The molecule has 0 spiro atoms. The van der Waals surface area contributed by atoms with Crippen molar-refractivity contribution in [3.8, 4) is 17.2 Å². The van der Waals surface area contributed by atoms with Crippen LogP contribution in [0.2, 0.25) is 0 Å². The SMILES string of the molecule is CCCOc1ccccc1/C=C/C(=O)Nc1ccc(OC)c(OC)c1. The molecule has 0 bridgehead atoms. The van der Waals surface area contributed by atoms with Gasteiger partial charge in [0.05, 0.1) is 20.8 Å². The lowest BCUT2D eigenvalue weighted by Gasteiger charge is -2.10. The van der Waals surface area contributed by atoms with Gasteiger partial charge in [0.1, 0.15) is 5.75 Å². The number of methoxy groups -OCH3 is 2. The lowest BCUT2D eigenvalue weighted by atomic mass is 10.2. The van der Waals surface area contributed by atoms with Crippen molar-refractivity contribution in [1.29, 1.82) is 0 Å². The summed E-state index contributed by atoms with van der Waals surface area (Å²) in [6.45, 7) is 2.69. The number of carbonyl (C=O) groups is 1. The third kappa shape index (κ3) is 5.28. The highest BCUT2D eigenvalue weighted by molar-refractivity contribution is 6.02. The number of amides is 1. The second kappa shape index (κ2) is 9.37. The Morgan fingerprint density at radius 1 is 1.04 bits per heavy atom. The Morgan fingerprint density at radius 2 is 1.80 bits per heavy atom. The van der Waals surface area contributed by atoms with Crippen LogP contribution in [-0.2, 0) is 4.79 Å². The Morgan fingerprint density at radius 3 is 2.52 bits per heavy atom. The van der Waals surface area contributed by atoms with Crippen LogP contribution in [0.1, 0.15) is 18.9 Å². The predicted octanol–water partition coefficient (Wildman–Crippen LogP) is 4.14. The Bertz CT molecular complexity index is 740. The van der Waals surface area contributed by atoms with E-state index in [1.54, 1.807) is 38.5 Å². The van der Waals surface area contributed by atoms with E-state index in [2.05, 4.69) is 12.2 Å². The number of hydrogen-bond acceptors (Lipinski definition) is 4. The molecule has 0 radical (unpaired) electrons. The summed E-state index contributed by atoms with van der Waals surface area (Å²) < 4.78 is 16.1. The highest BCUT2D eigenvalue weighted by atomic mass is 16.5. The van der Waals surface area contributed by atoms with Crippen LogP contribution in [0.15, 0.2) is 48.5 Å². The lowest BCUT2D eigenvalue weighted by molar-refractivity contribution is -0.111. The summed E-state index contributed by atoms with van der Waals surface area (Å²) >= 11 is 0. The molecule has 2 aromatic carbocycles. The highest BCUT2D eigenvalue weighted by Gasteiger charge is 2.06. The van der Waals surface area contributed by atoms with Crippen LogP contribution in [-0.4, -0.2) is 26.7 Å². The summed E-state index contributed by atoms with van der Waals surface area (Å²) in [5, 5.41) is 2.80. The van der Waals surface area contributed by atoms with Gasteiger partial charge in [0.25, 0.3) is 0 Å². The molecule has 2 rings (SSSR count). The van der Waals surface area contributed by atoms with Crippen molar-refractivity contribution in [2.24, 2.45) is 0 Å². The minimum atomic E-state index is -0.238. The standard InChI is InChI=1S/C20H23NO4/c1-4-13-25-17-8-6-5-7-15(17)9-12-20(22)21-16-10-11-18(23-2)19(14-16)24-3/h5-12,14H,4,13H2,1-3H3,(H,21,22)/b12-9+. The van der Waals surface area contributed by atoms with E-state index < -0.39 is 0 Å². The molecule has 0 heterocycles. The molecule has 0 aliphatic rings. The molecule has 0 aliphatic carbocycles. The van der Waals surface area contributed by atoms with Crippen molar-refractivity contribution in [2.75, 3.05) is 26.1 Å². The number of hydrogen-bond donors (Lipinski definition) is 1. The summed E-state index contributed by atoms with van der Waals surface area (Å²) in [6.07, 6.45) is 4.14. The summed E-state index contributed by atoms with van der Waals surface area (Å²) in [6, 6.07) is 12.8. The Hall–Kier alpha value is -2.95. The Kier molecular flexibility index (Phi) is 6.89. The van der Waals surface area contributed by atoms with Crippen molar-refractivity contribution in [2.45, 2.75) is 13.3 Å². The molecule has 0 fully saturated rings. The normalized spacial score (nSPS) is 10.5. The van der Waals surface area contributed by atoms with Gasteiger partial charge in [0.15, 0.2) is 11.5 Å². The molecule has 0 atom stereocenters. The van der Waals surface area contributed by atoms with Crippen LogP contribution in [0.4, 0.5) is 5.69 Å². The molecule has 132 valence electrons. The van der Waals surface area contributed by atoms with E-state index in [0.29, 0.717) is 23.8 Å². The molecule has 0 unspecified atom stereocenters. The molecule has 2 aromatic rings. The number of rotatable bonds is 8. The predicted molar refractivity (Wildman–Crippen MR) is 99.4 cm³/mol. The number of carbonyl (C=O) groups excluding carboxylic acids is 1. The molecule has 0 aromatic heterocycles. The van der Waals surface area contributed by atoms with Gasteiger partial charge >= 0.3 is 0 Å². The van der Waals surface area contributed by atoms with Gasteiger partial charge in [-0.1, -0.05) is 25.1 Å². The van der Waals surface area contributed by atoms with Crippen LogP contribution >= 0.6 is 0 Å². The molecule has 0 saturated heterocycles. The van der Waals surface area contributed by atoms with Gasteiger partial charge in [-0.2, -0.15) is 0 Å². The maximum atomic E-state index is 12.2. The van der Waals surface area contributed by atoms with Gasteiger partial charge in [0, 0.05) is 23.4 Å². The fourth-order valence-electron chi connectivity index (χ4n) is 2.23. The number of nitrogens with one attached hydrogen (secondary N) is 1. The van der Waals surface area contributed by atoms with E-state index in [9.17, 15) is 4.79 Å². The van der Waals surface area contributed by atoms with Gasteiger partial charge in [-0.3, -0.25) is 4.79 Å². The minimum absolute atomic E-state index is 0.238. The Labute approximate surface area is 148 Å². The van der Waals surface area contributed by atoms with Crippen LogP contribution < -0.4 is 19.5 Å². The quantitative estimate of drug-likeness (QED) is 0.733. The first-order valence-electron chi connectivity index (χ1n) is 8.10. The topological polar surface area (TPSA) is 56.8 Å². The van der Waals surface area contributed by atoms with E-state index in [0.717, 1.165) is 17.7 Å². The van der Waals surface area contributed by atoms with Crippen LogP contribution in [0.5, 0.6) is 17.2 Å². The molecule has 1 amide bonds. The maximum Gasteiger partial charge on any atom is 0.248 e. The second-order valence-corrected chi connectivity index (χ2v) is 5.28. The first kappa shape index (κ1) is 18.4. The van der Waals surface area contributed by atoms with E-state index in [1.807, 2.05) is 24.3 Å². The zero-order valence-corrected chi connectivity index (χ0v) is 14.7. The summed E-state index contributed by atoms with van der Waals surface area (Å²) in [7, 11) is 3.12. The number of benzene rings is 2. The lowest BCUT2D eigenvalue weighted by Crippen LogP contribution is -2.08. The molecular formula is C20H23NO4. The molecule has 0 saturated carbocycles. The van der Waals surface area contributed by atoms with Crippen molar-refractivity contribution < 1.29 is 19.0 Å². The smallest absolute Gasteiger partial charge is 0.248 e. The first-order chi connectivity index (χ1) is 12.2. The van der Waals surface area contributed by atoms with E-state index in [-0.39, 0.29) is 5.91 Å². The van der Waals surface area contributed by atoms with Crippen LogP contribution in [0.25, 0.3) is 6.08 Å². The Balaban J connectivity index is 2.06. The number of anilines is 1. The molecule has 25 heavy (non-hydrogen) atoms. The van der Waals surface area contributed by atoms with Gasteiger partial charge in [-0.05, 0) is 30.7 Å². The van der Waals surface area contributed by atoms with E-state index >= 15 is 0 Å². The van der Waals surface area contributed by atoms with Gasteiger partial charge < -0.3 is 19.5 Å². The molecule has 1 N–H and O–H groups in total. The molecule has 5 nitrogen and oxygen atoms in total. The van der Waals surface area contributed by atoms with Crippen molar-refractivity contribution in [1.82, 2.24) is 0 Å². The van der Waals surface area contributed by atoms with Gasteiger partial charge in [0.2, 0.25) is 5.91 Å². The monoisotopic (exact) mass is 341 g/mol. The summed E-state index contributed by atoms with van der Waals surface area (Å²) in [5.41, 5.74) is 1.49. The fraction of sp³-hybridized carbons (Fsp3) is 0.250. The molecular weight excluding hydrogens is 318 g/mol. The van der Waals surface area contributed by atoms with Gasteiger partial charge in [-0.25, -0.2) is 0 Å². The van der Waals surface area contributed by atoms with E-state index in [4.69, 9.17) is 14.2 Å². The third-order valence-corrected chi connectivity index (χ3v) is 3.45. The zero-order chi connectivity index (χ0) is 18.1. The largest absolute Gasteiger partial charge is 0.493 e. The first-order valence-corrected chi connectivity index (χ1v) is 8.10. The van der Waals surface area contributed by atoms with Crippen molar-refractivity contribution in [3.05, 3.63) is 54.1 Å². The van der Waals surface area contributed by atoms with Crippen LogP contribution in [0.3, 0.4) is 0 Å². The van der Waals surface area contributed by atoms with Gasteiger partial charge in [-0.15, -0.1) is 0 Å². The average Bonchev–Trinajstić information content (AvgIpc) is 2.65. The number of para-hydroxylation sites is 1.